The first-order chi connectivity index (χ1) is 18.7. The average Bonchev–Trinajstić information content (AvgIpc) is 2.91. The van der Waals surface area contributed by atoms with Crippen LogP contribution < -0.4 is 5.32 Å². The first-order valence-corrected chi connectivity index (χ1v) is 12.7. The van der Waals surface area contributed by atoms with Gasteiger partial charge in [-0.25, -0.2) is 0 Å². The van der Waals surface area contributed by atoms with Gasteiger partial charge in [-0.1, -0.05) is 24.1 Å². The number of hydrogen-bond donors (Lipinski definition) is 1. The summed E-state index contributed by atoms with van der Waals surface area (Å²) in [7, 11) is 1.66. The zero-order chi connectivity index (χ0) is 27.8. The maximum absolute atomic E-state index is 12.6. The van der Waals surface area contributed by atoms with Crippen molar-refractivity contribution in [1.29, 1.82) is 0 Å². The van der Waals surface area contributed by atoms with Gasteiger partial charge in [-0.2, -0.15) is 13.2 Å². The first-order valence-electron chi connectivity index (χ1n) is 12.7. The summed E-state index contributed by atoms with van der Waals surface area (Å²) in [6, 6.07) is 17.9. The number of methoxy groups -OCH3 is 1. The van der Waals surface area contributed by atoms with Gasteiger partial charge in [0.1, 0.15) is 0 Å². The molecule has 2 aromatic carbocycles. The van der Waals surface area contributed by atoms with Crippen molar-refractivity contribution in [2.75, 3.05) is 32.1 Å². The molecule has 204 valence electrons. The number of benzene rings is 2. The largest absolute Gasteiger partial charge is 0.458 e. The number of nitrogens with one attached hydrogen (secondary N) is 1. The van der Waals surface area contributed by atoms with Crippen LogP contribution in [0.5, 0.6) is 0 Å². The Bertz CT molecular complexity index is 1300. The molecule has 0 saturated carbocycles. The summed E-state index contributed by atoms with van der Waals surface area (Å²) in [5, 5.41) is 2.76. The molecule has 0 aliphatic carbocycles. The second-order valence-corrected chi connectivity index (χ2v) is 9.62. The van der Waals surface area contributed by atoms with Gasteiger partial charge in [0.05, 0.1) is 12.3 Å². The van der Waals surface area contributed by atoms with Crippen LogP contribution in [0.25, 0.3) is 0 Å². The first kappa shape index (κ1) is 28.3. The summed E-state index contributed by atoms with van der Waals surface area (Å²) in [5.41, 5.74) is 4.44. The second-order valence-electron chi connectivity index (χ2n) is 9.62. The van der Waals surface area contributed by atoms with Crippen molar-refractivity contribution < 1.29 is 22.7 Å². The van der Waals surface area contributed by atoms with Crippen LogP contribution in [0, 0.1) is 11.8 Å². The molecule has 3 aromatic rings. The monoisotopic (exact) mass is 536 g/mol. The number of amides is 1. The molecule has 0 spiro atoms. The topological polar surface area (TPSA) is 57.7 Å². The van der Waals surface area contributed by atoms with E-state index in [1.165, 1.54) is 35.7 Å². The number of alkyl halides is 3. The molecule has 6 nitrogen and oxygen atoms in total. The molecule has 0 unspecified atom stereocenters. The van der Waals surface area contributed by atoms with E-state index in [9.17, 15) is 18.0 Å². The van der Waals surface area contributed by atoms with Crippen molar-refractivity contribution in [3.63, 3.8) is 0 Å². The third kappa shape index (κ3) is 8.65. The number of ether oxygens (including phenoxy) is 1. The SMILES string of the molecule is COCc1ccc(CN2CCN(Cc3ccc(C(=O)Nc4ccc(C#CC(F)(F)F)cc4)cc3)[C@@H](C)C2)cn1. The number of pyridine rings is 1. The van der Waals surface area contributed by atoms with Gasteiger partial charge in [0, 0.05) is 74.8 Å². The highest BCUT2D eigenvalue weighted by Gasteiger charge is 2.24. The van der Waals surface area contributed by atoms with Crippen LogP contribution in [-0.4, -0.2) is 59.7 Å². The Kier molecular flexibility index (Phi) is 9.36. The highest BCUT2D eigenvalue weighted by atomic mass is 19.4. The average molecular weight is 537 g/mol. The molecule has 1 saturated heterocycles. The molecule has 4 rings (SSSR count). The number of carbonyl (C=O) groups is 1. The minimum Gasteiger partial charge on any atom is -0.378 e. The summed E-state index contributed by atoms with van der Waals surface area (Å²) in [6.07, 6.45) is -2.62. The highest BCUT2D eigenvalue weighted by Crippen LogP contribution is 2.18. The number of nitrogens with zero attached hydrogens (tertiary/aromatic N) is 3. The van der Waals surface area contributed by atoms with Crippen molar-refractivity contribution in [3.05, 3.63) is 94.8 Å². The summed E-state index contributed by atoms with van der Waals surface area (Å²) >= 11 is 0. The van der Waals surface area contributed by atoms with Crippen LogP contribution in [0.4, 0.5) is 18.9 Å². The number of piperazine rings is 1. The van der Waals surface area contributed by atoms with E-state index < -0.39 is 6.18 Å². The highest BCUT2D eigenvalue weighted by molar-refractivity contribution is 6.04. The van der Waals surface area contributed by atoms with Gasteiger partial charge in [-0.05, 0) is 60.5 Å². The normalized spacial score (nSPS) is 16.4. The molecule has 1 fully saturated rings. The Hall–Kier alpha value is -3.71. The van der Waals surface area contributed by atoms with E-state index in [2.05, 4.69) is 39.0 Å². The fourth-order valence-corrected chi connectivity index (χ4v) is 4.47. The van der Waals surface area contributed by atoms with E-state index in [0.29, 0.717) is 23.9 Å². The smallest absolute Gasteiger partial charge is 0.378 e. The Labute approximate surface area is 226 Å². The molecule has 1 amide bonds. The summed E-state index contributed by atoms with van der Waals surface area (Å²) < 4.78 is 41.8. The standard InChI is InChI=1S/C30H31F3N4O2/c1-22-18-36(19-25-7-12-28(21-39-2)34-17-25)15-16-37(22)20-24-3-8-26(9-4-24)29(38)35-27-10-5-23(6-11-27)13-14-30(31,32)33/h3-12,17,22H,15-16,18-21H2,1-2H3,(H,35,38)/t22-/m0/s1. The van der Waals surface area contributed by atoms with Gasteiger partial charge in [0.15, 0.2) is 0 Å². The zero-order valence-corrected chi connectivity index (χ0v) is 22.0. The number of rotatable bonds is 8. The minimum absolute atomic E-state index is 0.221. The molecule has 1 aromatic heterocycles. The van der Waals surface area contributed by atoms with Crippen molar-refractivity contribution in [1.82, 2.24) is 14.8 Å². The maximum atomic E-state index is 12.6. The quantitative estimate of drug-likeness (QED) is 0.406. The molecular weight excluding hydrogens is 505 g/mol. The van der Waals surface area contributed by atoms with Crippen LogP contribution >= 0.6 is 0 Å². The van der Waals surface area contributed by atoms with Crippen LogP contribution in [0.15, 0.2) is 66.9 Å². The fraction of sp³-hybridized carbons (Fsp3) is 0.333. The van der Waals surface area contributed by atoms with E-state index in [0.717, 1.165) is 44.0 Å². The third-order valence-electron chi connectivity index (χ3n) is 6.53. The molecule has 39 heavy (non-hydrogen) atoms. The van der Waals surface area contributed by atoms with Gasteiger partial charge in [0.2, 0.25) is 0 Å². The molecule has 0 bridgehead atoms. The van der Waals surface area contributed by atoms with E-state index in [1.807, 2.05) is 24.4 Å². The van der Waals surface area contributed by atoms with Gasteiger partial charge < -0.3 is 10.1 Å². The Balaban J connectivity index is 1.26. The predicted molar refractivity (Wildman–Crippen MR) is 144 cm³/mol. The van der Waals surface area contributed by atoms with Gasteiger partial charge in [0.25, 0.3) is 5.91 Å². The van der Waals surface area contributed by atoms with Crippen molar-refractivity contribution in [2.45, 2.75) is 38.8 Å². The van der Waals surface area contributed by atoms with Crippen LogP contribution in [-0.2, 0) is 24.4 Å². The Morgan fingerprint density at radius 2 is 1.74 bits per heavy atom. The van der Waals surface area contributed by atoms with Crippen molar-refractivity contribution in [3.8, 4) is 11.8 Å². The van der Waals surface area contributed by atoms with Crippen LogP contribution in [0.2, 0.25) is 0 Å². The number of anilines is 1. The molecule has 1 atom stereocenters. The lowest BCUT2D eigenvalue weighted by atomic mass is 10.1. The van der Waals surface area contributed by atoms with Gasteiger partial charge in [-0.3, -0.25) is 19.6 Å². The zero-order valence-electron chi connectivity index (χ0n) is 22.0. The number of hydrogen-bond acceptors (Lipinski definition) is 5. The molecule has 2 heterocycles. The summed E-state index contributed by atoms with van der Waals surface area (Å²) in [5.74, 6) is 3.00. The van der Waals surface area contributed by atoms with Crippen LogP contribution in [0.1, 0.15) is 39.7 Å². The van der Waals surface area contributed by atoms with Gasteiger partial charge in [-0.15, -0.1) is 0 Å². The van der Waals surface area contributed by atoms with E-state index in [4.69, 9.17) is 4.74 Å². The van der Waals surface area contributed by atoms with E-state index in [1.54, 1.807) is 19.2 Å². The number of aromatic nitrogens is 1. The number of carbonyl (C=O) groups excluding carboxylic acids is 1. The molecule has 1 aliphatic heterocycles. The lowest BCUT2D eigenvalue weighted by Gasteiger charge is -2.40. The second kappa shape index (κ2) is 12.9. The predicted octanol–water partition coefficient (Wildman–Crippen LogP) is 5.10. The summed E-state index contributed by atoms with van der Waals surface area (Å²) in [6.45, 7) is 7.28. The Morgan fingerprint density at radius 1 is 1.03 bits per heavy atom. The van der Waals surface area contributed by atoms with Crippen LogP contribution in [0.3, 0.4) is 0 Å². The molecule has 1 N–H and O–H groups in total. The fourth-order valence-electron chi connectivity index (χ4n) is 4.47. The summed E-state index contributed by atoms with van der Waals surface area (Å²) in [4.78, 5) is 22.0. The van der Waals surface area contributed by atoms with Crippen molar-refractivity contribution in [2.24, 2.45) is 0 Å². The molecule has 9 heteroatoms. The van der Waals surface area contributed by atoms with E-state index >= 15 is 0 Å². The maximum Gasteiger partial charge on any atom is 0.458 e. The van der Waals surface area contributed by atoms with E-state index in [-0.39, 0.29) is 11.5 Å². The minimum atomic E-state index is -4.54. The number of halogens is 3. The molecule has 0 radical (unpaired) electrons. The van der Waals surface area contributed by atoms with Crippen molar-refractivity contribution >= 4 is 11.6 Å². The lowest BCUT2D eigenvalue weighted by molar-refractivity contribution is -0.0696. The molecular formula is C30H31F3N4O2. The van der Waals surface area contributed by atoms with Gasteiger partial charge >= 0.3 is 6.18 Å². The third-order valence-corrected chi connectivity index (χ3v) is 6.53. The lowest BCUT2D eigenvalue weighted by Crippen LogP contribution is -2.50. The molecule has 1 aliphatic rings. The Morgan fingerprint density at radius 3 is 2.36 bits per heavy atom.